The number of fused-ring (bicyclic) bond motifs is 2. The molecule has 0 aliphatic carbocycles. The van der Waals surface area contributed by atoms with Crippen molar-refractivity contribution in [3.8, 4) is 39.5 Å². The number of pyridine rings is 2. The SMILES string of the molecule is CN(C)CCOc1cc(F)cc(-c2cncc3[nH]c(-c4n[nH]c5ccc(-c6ccccn6)cc45)cc23)c1. The molecule has 4 heterocycles. The van der Waals surface area contributed by atoms with Crippen LogP contribution in [0.4, 0.5) is 4.39 Å². The van der Waals surface area contributed by atoms with Gasteiger partial charge >= 0.3 is 0 Å². The Balaban J connectivity index is 1.41. The zero-order valence-corrected chi connectivity index (χ0v) is 20.5. The molecular weight excluding hydrogens is 467 g/mol. The fourth-order valence-electron chi connectivity index (χ4n) is 4.47. The first-order chi connectivity index (χ1) is 18.0. The van der Waals surface area contributed by atoms with E-state index in [4.69, 9.17) is 4.74 Å². The zero-order valence-electron chi connectivity index (χ0n) is 20.5. The highest BCUT2D eigenvalue weighted by Gasteiger charge is 2.16. The van der Waals surface area contributed by atoms with Gasteiger partial charge in [-0.15, -0.1) is 0 Å². The number of rotatable bonds is 7. The predicted molar refractivity (Wildman–Crippen MR) is 144 cm³/mol. The van der Waals surface area contributed by atoms with Crippen molar-refractivity contribution < 1.29 is 9.13 Å². The maximum atomic E-state index is 14.5. The number of aromatic nitrogens is 5. The second-order valence-corrected chi connectivity index (χ2v) is 9.21. The van der Waals surface area contributed by atoms with Gasteiger partial charge in [0.25, 0.3) is 0 Å². The van der Waals surface area contributed by atoms with Crippen molar-refractivity contribution in [2.45, 2.75) is 0 Å². The van der Waals surface area contributed by atoms with Crippen LogP contribution in [0.1, 0.15) is 0 Å². The van der Waals surface area contributed by atoms with Crippen molar-refractivity contribution in [1.82, 2.24) is 30.0 Å². The summed E-state index contributed by atoms with van der Waals surface area (Å²) in [5.74, 6) is 0.135. The van der Waals surface area contributed by atoms with E-state index in [1.165, 1.54) is 12.1 Å². The summed E-state index contributed by atoms with van der Waals surface area (Å²) in [6.07, 6.45) is 5.30. The molecule has 0 amide bonds. The van der Waals surface area contributed by atoms with Gasteiger partial charge in [-0.25, -0.2) is 4.39 Å². The minimum atomic E-state index is -0.356. The molecule has 0 aliphatic heterocycles. The van der Waals surface area contributed by atoms with E-state index in [-0.39, 0.29) is 5.82 Å². The Morgan fingerprint density at radius 1 is 0.919 bits per heavy atom. The Labute approximate surface area is 213 Å². The van der Waals surface area contributed by atoms with Crippen molar-refractivity contribution in [2.24, 2.45) is 0 Å². The third-order valence-corrected chi connectivity index (χ3v) is 6.31. The van der Waals surface area contributed by atoms with Crippen LogP contribution in [0.15, 0.2) is 79.3 Å². The number of benzene rings is 2. The number of aromatic amines is 2. The summed E-state index contributed by atoms with van der Waals surface area (Å²) in [6.45, 7) is 1.21. The van der Waals surface area contributed by atoms with E-state index in [2.05, 4.69) is 31.2 Å². The minimum absolute atomic E-state index is 0.356. The van der Waals surface area contributed by atoms with Gasteiger partial charge in [0, 0.05) is 46.9 Å². The first-order valence-corrected chi connectivity index (χ1v) is 12.0. The van der Waals surface area contributed by atoms with Gasteiger partial charge in [-0.3, -0.25) is 15.1 Å². The van der Waals surface area contributed by atoms with Crippen LogP contribution < -0.4 is 4.74 Å². The average Bonchev–Trinajstić information content (AvgIpc) is 3.52. The molecule has 0 aliphatic rings. The molecular formula is C29H25FN6O. The van der Waals surface area contributed by atoms with Crippen LogP contribution >= 0.6 is 0 Å². The Hall–Kier alpha value is -4.56. The molecule has 37 heavy (non-hydrogen) atoms. The molecule has 6 rings (SSSR count). The Kier molecular flexibility index (Phi) is 5.86. The summed E-state index contributed by atoms with van der Waals surface area (Å²) < 4.78 is 20.3. The molecule has 184 valence electrons. The molecule has 0 fully saturated rings. The minimum Gasteiger partial charge on any atom is -0.492 e. The molecule has 4 aromatic heterocycles. The van der Waals surface area contributed by atoms with Crippen molar-refractivity contribution in [1.29, 1.82) is 0 Å². The summed E-state index contributed by atoms with van der Waals surface area (Å²) in [5, 5.41) is 9.62. The second kappa shape index (κ2) is 9.48. The van der Waals surface area contributed by atoms with Crippen molar-refractivity contribution >= 4 is 21.8 Å². The predicted octanol–water partition coefficient (Wildman–Crippen LogP) is 5.91. The Morgan fingerprint density at radius 3 is 2.68 bits per heavy atom. The van der Waals surface area contributed by atoms with Gasteiger partial charge in [-0.05, 0) is 62.1 Å². The number of hydrogen-bond acceptors (Lipinski definition) is 5. The summed E-state index contributed by atoms with van der Waals surface area (Å²) in [7, 11) is 3.94. The number of hydrogen-bond donors (Lipinski definition) is 2. The summed E-state index contributed by atoms with van der Waals surface area (Å²) in [4.78, 5) is 14.3. The Bertz CT molecular complexity index is 1710. The average molecular weight is 493 g/mol. The number of ether oxygens (including phenoxy) is 1. The molecule has 6 aromatic rings. The molecule has 7 nitrogen and oxygen atoms in total. The number of halogens is 1. The molecule has 0 spiro atoms. The maximum absolute atomic E-state index is 14.5. The van der Waals surface area contributed by atoms with Crippen LogP contribution in [-0.2, 0) is 0 Å². The van der Waals surface area contributed by atoms with Crippen molar-refractivity contribution in [3.63, 3.8) is 0 Å². The van der Waals surface area contributed by atoms with Crippen LogP contribution in [0.2, 0.25) is 0 Å². The second-order valence-electron chi connectivity index (χ2n) is 9.21. The van der Waals surface area contributed by atoms with Crippen LogP contribution in [0, 0.1) is 5.82 Å². The highest BCUT2D eigenvalue weighted by molar-refractivity contribution is 6.01. The van der Waals surface area contributed by atoms with Gasteiger partial charge in [-0.2, -0.15) is 5.10 Å². The molecule has 0 unspecified atom stereocenters. The van der Waals surface area contributed by atoms with Crippen LogP contribution in [-0.4, -0.2) is 57.3 Å². The highest BCUT2D eigenvalue weighted by Crippen LogP contribution is 2.35. The summed E-state index contributed by atoms with van der Waals surface area (Å²) >= 11 is 0. The van der Waals surface area contributed by atoms with Crippen LogP contribution in [0.3, 0.4) is 0 Å². The molecule has 2 N–H and O–H groups in total. The van der Waals surface area contributed by atoms with E-state index in [1.807, 2.05) is 61.5 Å². The highest BCUT2D eigenvalue weighted by atomic mass is 19.1. The lowest BCUT2D eigenvalue weighted by atomic mass is 10.0. The largest absolute Gasteiger partial charge is 0.492 e. The van der Waals surface area contributed by atoms with E-state index < -0.39 is 0 Å². The Morgan fingerprint density at radius 2 is 1.84 bits per heavy atom. The quantitative estimate of drug-likeness (QED) is 0.289. The molecule has 0 radical (unpaired) electrons. The van der Waals surface area contributed by atoms with E-state index in [9.17, 15) is 4.39 Å². The monoisotopic (exact) mass is 492 g/mol. The molecule has 0 saturated carbocycles. The normalized spacial score (nSPS) is 11.6. The number of H-pyrrole nitrogens is 2. The molecule has 0 bridgehead atoms. The smallest absolute Gasteiger partial charge is 0.127 e. The third-order valence-electron chi connectivity index (χ3n) is 6.31. The van der Waals surface area contributed by atoms with E-state index in [1.54, 1.807) is 18.6 Å². The number of nitrogens with zero attached hydrogens (tertiary/aromatic N) is 4. The number of nitrogens with one attached hydrogen (secondary N) is 2. The lowest BCUT2D eigenvalue weighted by molar-refractivity contribution is 0.260. The lowest BCUT2D eigenvalue weighted by Gasteiger charge is -2.12. The van der Waals surface area contributed by atoms with E-state index in [0.29, 0.717) is 17.9 Å². The van der Waals surface area contributed by atoms with E-state index in [0.717, 1.165) is 56.6 Å². The lowest BCUT2D eigenvalue weighted by Crippen LogP contribution is -2.19. The van der Waals surface area contributed by atoms with Gasteiger partial charge in [0.2, 0.25) is 0 Å². The third kappa shape index (κ3) is 4.54. The maximum Gasteiger partial charge on any atom is 0.127 e. The van der Waals surface area contributed by atoms with Gasteiger partial charge in [0.05, 0.1) is 28.6 Å². The van der Waals surface area contributed by atoms with Crippen molar-refractivity contribution in [2.75, 3.05) is 27.2 Å². The zero-order chi connectivity index (χ0) is 25.4. The van der Waals surface area contributed by atoms with Gasteiger partial charge in [0.1, 0.15) is 23.9 Å². The molecule has 2 aromatic carbocycles. The standard InChI is InChI=1S/C29H25FN6O/c1-36(2)9-10-37-21-12-19(11-20(30)14-21)24-16-31-17-28-22(24)15-27(33-28)29-23-13-18(6-7-26(23)34-35-29)25-5-3-4-8-32-25/h3-8,11-17,33H,9-10H2,1-2H3,(H,34,35). The van der Waals surface area contributed by atoms with Crippen LogP contribution in [0.5, 0.6) is 5.75 Å². The topological polar surface area (TPSA) is 82.7 Å². The first-order valence-electron chi connectivity index (χ1n) is 12.0. The van der Waals surface area contributed by atoms with Crippen molar-refractivity contribution in [3.05, 3.63) is 85.1 Å². The molecule has 0 saturated heterocycles. The molecule has 8 heteroatoms. The summed E-state index contributed by atoms with van der Waals surface area (Å²) in [6, 6.07) is 18.8. The number of likely N-dealkylation sites (N-methyl/N-ethyl adjacent to an activating group) is 1. The fraction of sp³-hybridized carbons (Fsp3) is 0.138. The van der Waals surface area contributed by atoms with Crippen LogP contribution in [0.25, 0.3) is 55.6 Å². The van der Waals surface area contributed by atoms with Gasteiger partial charge in [0.15, 0.2) is 0 Å². The van der Waals surface area contributed by atoms with Gasteiger partial charge < -0.3 is 14.6 Å². The van der Waals surface area contributed by atoms with E-state index >= 15 is 0 Å². The first kappa shape index (κ1) is 22.9. The van der Waals surface area contributed by atoms with Gasteiger partial charge in [-0.1, -0.05) is 12.1 Å². The fourth-order valence-corrected chi connectivity index (χ4v) is 4.47. The summed E-state index contributed by atoms with van der Waals surface area (Å²) in [5.41, 5.74) is 6.82. The molecule has 0 atom stereocenters.